The summed E-state index contributed by atoms with van der Waals surface area (Å²) in [5.41, 5.74) is 8.10. The summed E-state index contributed by atoms with van der Waals surface area (Å²) in [4.78, 5) is 9.33. The molecule has 1 saturated carbocycles. The van der Waals surface area contributed by atoms with E-state index >= 15 is 0 Å². The van der Waals surface area contributed by atoms with Crippen LogP contribution in [0.4, 0.5) is 21.6 Å². The molecule has 1 fully saturated rings. The molecule has 1 aromatic heterocycles. The first kappa shape index (κ1) is 21.8. The zero-order chi connectivity index (χ0) is 20.8. The van der Waals surface area contributed by atoms with Gasteiger partial charge in [0.05, 0.1) is 17.0 Å². The number of aliphatic hydroxyl groups is 1. The third-order valence-corrected chi connectivity index (χ3v) is 6.20. The number of thioether (sulfide) groups is 1. The van der Waals surface area contributed by atoms with Gasteiger partial charge < -0.3 is 16.2 Å². The highest BCUT2D eigenvalue weighted by atomic mass is 79.9. The number of rotatable bonds is 5. The highest BCUT2D eigenvalue weighted by Gasteiger charge is 2.12. The Morgan fingerprint density at radius 1 is 1.28 bits per heavy atom. The Hall–Kier alpha value is -1.90. The Labute approximate surface area is 182 Å². The third kappa shape index (κ3) is 5.81. The van der Waals surface area contributed by atoms with Crippen LogP contribution >= 0.6 is 27.7 Å². The number of aliphatic hydroxyl groups excluding tert-OH is 1. The van der Waals surface area contributed by atoms with E-state index in [-0.39, 0.29) is 11.9 Å². The molecular weight excluding hydrogens is 455 g/mol. The maximum Gasteiger partial charge on any atom is 0.144 e. The van der Waals surface area contributed by atoms with Gasteiger partial charge in [0.25, 0.3) is 0 Å². The lowest BCUT2D eigenvalue weighted by Crippen LogP contribution is -2.15. The van der Waals surface area contributed by atoms with Crippen molar-refractivity contribution in [2.75, 3.05) is 16.8 Å². The second-order valence-electron chi connectivity index (χ2n) is 6.81. The SMILES string of the molecule is CCCSc1cc(Nc2ncnc3cc(Br)cc(F)c23)ccc1N.OC1CCC1. The zero-order valence-electron chi connectivity index (χ0n) is 16.2. The van der Waals surface area contributed by atoms with Gasteiger partial charge in [0, 0.05) is 20.7 Å². The number of benzene rings is 2. The molecule has 0 spiro atoms. The summed E-state index contributed by atoms with van der Waals surface area (Å²) in [5.74, 6) is 1.05. The number of nitrogens with zero attached hydrogens (tertiary/aromatic N) is 2. The molecule has 29 heavy (non-hydrogen) atoms. The number of nitrogens with two attached hydrogens (primary N) is 1. The van der Waals surface area contributed by atoms with Crippen LogP contribution in [0.15, 0.2) is 46.0 Å². The summed E-state index contributed by atoms with van der Waals surface area (Å²) in [6, 6.07) is 8.83. The molecule has 2 aromatic carbocycles. The van der Waals surface area contributed by atoms with Crippen molar-refractivity contribution in [3.63, 3.8) is 0 Å². The summed E-state index contributed by atoms with van der Waals surface area (Å²) in [7, 11) is 0. The van der Waals surface area contributed by atoms with Crippen molar-refractivity contribution in [1.29, 1.82) is 0 Å². The Morgan fingerprint density at radius 3 is 2.69 bits per heavy atom. The number of halogens is 2. The van der Waals surface area contributed by atoms with Gasteiger partial charge in [0.15, 0.2) is 0 Å². The van der Waals surface area contributed by atoms with Gasteiger partial charge >= 0.3 is 0 Å². The molecule has 1 aliphatic carbocycles. The average molecular weight is 479 g/mol. The lowest BCUT2D eigenvalue weighted by Gasteiger charge is -2.17. The maximum atomic E-state index is 14.3. The summed E-state index contributed by atoms with van der Waals surface area (Å²) < 4.78 is 15.0. The fourth-order valence-electron chi connectivity index (χ4n) is 2.68. The molecule has 0 atom stereocenters. The van der Waals surface area contributed by atoms with Gasteiger partial charge in [0.1, 0.15) is 18.0 Å². The predicted octanol–water partition coefficient (Wildman–Crippen LogP) is 5.89. The number of nitrogens with one attached hydrogen (secondary N) is 1. The average Bonchev–Trinajstić information content (AvgIpc) is 2.67. The van der Waals surface area contributed by atoms with Gasteiger partial charge in [-0.05, 0) is 61.8 Å². The van der Waals surface area contributed by atoms with Crippen LogP contribution < -0.4 is 11.1 Å². The summed E-state index contributed by atoms with van der Waals surface area (Å²) in [5, 5.41) is 12.0. The first-order valence-corrected chi connectivity index (χ1v) is 11.3. The van der Waals surface area contributed by atoms with E-state index in [2.05, 4.69) is 38.1 Å². The van der Waals surface area contributed by atoms with Crippen LogP contribution in [-0.4, -0.2) is 26.9 Å². The molecule has 0 radical (unpaired) electrons. The van der Waals surface area contributed by atoms with Crippen LogP contribution in [0.5, 0.6) is 0 Å². The number of aromatic nitrogens is 2. The van der Waals surface area contributed by atoms with Crippen molar-refractivity contribution < 1.29 is 9.50 Å². The van der Waals surface area contributed by atoms with Crippen LogP contribution in [0.2, 0.25) is 0 Å². The Morgan fingerprint density at radius 2 is 2.03 bits per heavy atom. The van der Waals surface area contributed by atoms with E-state index in [9.17, 15) is 4.39 Å². The number of fused-ring (bicyclic) bond motifs is 1. The standard InChI is InChI=1S/C17H16BrFN4S.C4H8O/c1-2-5-24-15-8-11(3-4-13(15)20)23-17-16-12(19)6-10(18)7-14(16)21-9-22-17;5-4-2-1-3-4/h3-4,6-9H,2,5,20H2,1H3,(H,21,22,23);4-5H,1-3H2. The number of nitrogen functional groups attached to an aromatic ring is 1. The lowest BCUT2D eigenvalue weighted by atomic mass is 9.97. The predicted molar refractivity (Wildman–Crippen MR) is 122 cm³/mol. The third-order valence-electron chi connectivity index (χ3n) is 4.47. The van der Waals surface area contributed by atoms with Crippen molar-refractivity contribution >= 4 is 55.8 Å². The van der Waals surface area contributed by atoms with E-state index in [0.29, 0.717) is 21.2 Å². The van der Waals surface area contributed by atoms with Crippen molar-refractivity contribution in [3.05, 3.63) is 46.9 Å². The minimum absolute atomic E-state index is 0.0648. The van der Waals surface area contributed by atoms with Crippen LogP contribution in [0.25, 0.3) is 10.9 Å². The van der Waals surface area contributed by atoms with Gasteiger partial charge in [-0.15, -0.1) is 11.8 Å². The molecular formula is C21H24BrFN4OS. The molecule has 8 heteroatoms. The van der Waals surface area contributed by atoms with E-state index in [1.54, 1.807) is 17.8 Å². The molecule has 0 bridgehead atoms. The van der Waals surface area contributed by atoms with Crippen LogP contribution in [0.3, 0.4) is 0 Å². The van der Waals surface area contributed by atoms with Crippen molar-refractivity contribution in [2.45, 2.75) is 43.6 Å². The van der Waals surface area contributed by atoms with E-state index in [1.807, 2.05) is 18.2 Å². The molecule has 154 valence electrons. The molecule has 1 aliphatic rings. The van der Waals surface area contributed by atoms with Crippen LogP contribution in [-0.2, 0) is 0 Å². The molecule has 4 N–H and O–H groups in total. The molecule has 0 saturated heterocycles. The van der Waals surface area contributed by atoms with Gasteiger partial charge in [-0.1, -0.05) is 22.9 Å². The first-order valence-electron chi connectivity index (χ1n) is 9.55. The molecule has 0 aliphatic heterocycles. The van der Waals surface area contributed by atoms with Gasteiger partial charge in [-0.2, -0.15) is 0 Å². The fraction of sp³-hybridized carbons (Fsp3) is 0.333. The highest BCUT2D eigenvalue weighted by Crippen LogP contribution is 2.32. The van der Waals surface area contributed by atoms with Gasteiger partial charge in [0.2, 0.25) is 0 Å². The van der Waals surface area contributed by atoms with E-state index in [4.69, 9.17) is 10.8 Å². The van der Waals surface area contributed by atoms with Gasteiger partial charge in [-0.3, -0.25) is 0 Å². The molecule has 0 unspecified atom stereocenters. The molecule has 0 amide bonds. The minimum Gasteiger partial charge on any atom is -0.398 e. The Bertz CT molecular complexity index is 984. The minimum atomic E-state index is -0.376. The van der Waals surface area contributed by atoms with Crippen molar-refractivity contribution in [2.24, 2.45) is 0 Å². The summed E-state index contributed by atoms with van der Waals surface area (Å²) in [6.45, 7) is 2.12. The lowest BCUT2D eigenvalue weighted by molar-refractivity contribution is 0.0950. The number of anilines is 3. The fourth-order valence-corrected chi connectivity index (χ4v) is 3.96. The molecule has 1 heterocycles. The smallest absolute Gasteiger partial charge is 0.144 e. The van der Waals surface area contributed by atoms with E-state index in [1.165, 1.54) is 18.8 Å². The number of hydrogen-bond acceptors (Lipinski definition) is 6. The monoisotopic (exact) mass is 478 g/mol. The zero-order valence-corrected chi connectivity index (χ0v) is 18.6. The Balaban J connectivity index is 0.000000419. The second-order valence-corrected chi connectivity index (χ2v) is 8.87. The first-order chi connectivity index (χ1) is 14.0. The maximum absolute atomic E-state index is 14.3. The highest BCUT2D eigenvalue weighted by molar-refractivity contribution is 9.10. The second kappa shape index (κ2) is 10.2. The normalized spacial score (nSPS) is 13.5. The number of hydrogen-bond donors (Lipinski definition) is 3. The topological polar surface area (TPSA) is 84.1 Å². The van der Waals surface area contributed by atoms with E-state index in [0.717, 1.165) is 41.3 Å². The van der Waals surface area contributed by atoms with E-state index < -0.39 is 0 Å². The molecule has 5 nitrogen and oxygen atoms in total. The Kier molecular flexibility index (Phi) is 7.69. The largest absolute Gasteiger partial charge is 0.398 e. The molecule has 4 rings (SSSR count). The van der Waals surface area contributed by atoms with Crippen LogP contribution in [0.1, 0.15) is 32.6 Å². The van der Waals surface area contributed by atoms with Gasteiger partial charge in [-0.25, -0.2) is 14.4 Å². The quantitative estimate of drug-likeness (QED) is 0.313. The molecule has 3 aromatic rings. The summed E-state index contributed by atoms with van der Waals surface area (Å²) in [6.07, 6.45) is 5.87. The van der Waals surface area contributed by atoms with Crippen molar-refractivity contribution in [3.8, 4) is 0 Å². The van der Waals surface area contributed by atoms with Crippen LogP contribution in [0, 0.1) is 5.82 Å². The van der Waals surface area contributed by atoms with Crippen molar-refractivity contribution in [1.82, 2.24) is 9.97 Å². The summed E-state index contributed by atoms with van der Waals surface area (Å²) >= 11 is 4.98.